The molecule has 0 aliphatic heterocycles. The van der Waals surface area contributed by atoms with Gasteiger partial charge in [-0.25, -0.2) is 19.9 Å². The van der Waals surface area contributed by atoms with Crippen molar-refractivity contribution in [1.29, 1.82) is 10.5 Å². The Morgan fingerprint density at radius 1 is 0.490 bits per heavy atom. The number of hydrogen-bond donors (Lipinski definition) is 0. The van der Waals surface area contributed by atoms with Gasteiger partial charge in [-0.1, -0.05) is 72.8 Å². The Morgan fingerprint density at radius 2 is 0.959 bits per heavy atom. The summed E-state index contributed by atoms with van der Waals surface area (Å²) in [5.74, 6) is 0.941. The first-order valence-corrected chi connectivity index (χ1v) is 15.8. The third kappa shape index (κ3) is 5.17. The fourth-order valence-electron chi connectivity index (χ4n) is 6.52. The van der Waals surface area contributed by atoms with Crippen LogP contribution in [-0.2, 0) is 0 Å². The van der Waals surface area contributed by atoms with Gasteiger partial charge in [-0.3, -0.25) is 0 Å². The van der Waals surface area contributed by atoms with Gasteiger partial charge in [-0.2, -0.15) is 10.5 Å². The quantitative estimate of drug-likeness (QED) is 0.188. The van der Waals surface area contributed by atoms with Crippen molar-refractivity contribution >= 4 is 21.8 Å². The lowest BCUT2D eigenvalue weighted by molar-refractivity contribution is 1.12. The summed E-state index contributed by atoms with van der Waals surface area (Å²) in [5.41, 5.74) is 12.2. The van der Waals surface area contributed by atoms with Crippen LogP contribution >= 0.6 is 0 Å². The minimum absolute atomic E-state index is 0.375. The molecule has 0 spiro atoms. The molecule has 0 unspecified atom stereocenters. The van der Waals surface area contributed by atoms with Gasteiger partial charge in [0.05, 0.1) is 27.8 Å². The standard InChI is InChI=1S/C42H27N7/c1-26-7-3-5-9-33(26)30-11-14-35-36-15-12-31(34-10-6-4-8-27(34)2)19-40(36)49(39(35)18-30)38-16-13-32(41-45-22-28(20-43)23-46-41)17-37(38)42-47-24-29(21-44)25-48-42/h3-19,22-25H,1-2H3. The largest absolute Gasteiger partial charge is 0.308 e. The highest BCUT2D eigenvalue weighted by atomic mass is 15.0. The van der Waals surface area contributed by atoms with E-state index in [0.29, 0.717) is 22.8 Å². The predicted molar refractivity (Wildman–Crippen MR) is 193 cm³/mol. The average Bonchev–Trinajstić information content (AvgIpc) is 3.47. The normalized spacial score (nSPS) is 11.0. The number of rotatable bonds is 5. The van der Waals surface area contributed by atoms with Crippen LogP contribution in [0.3, 0.4) is 0 Å². The molecule has 0 aliphatic carbocycles. The topological polar surface area (TPSA) is 104 Å². The van der Waals surface area contributed by atoms with Gasteiger partial charge in [0.2, 0.25) is 0 Å². The van der Waals surface area contributed by atoms with Gasteiger partial charge < -0.3 is 4.57 Å². The maximum atomic E-state index is 9.48. The van der Waals surface area contributed by atoms with Crippen molar-refractivity contribution in [2.75, 3.05) is 0 Å². The Morgan fingerprint density at radius 3 is 1.45 bits per heavy atom. The molecule has 0 aliphatic rings. The predicted octanol–water partition coefficient (Wildman–Crippen LogP) is 9.39. The van der Waals surface area contributed by atoms with Crippen molar-refractivity contribution in [2.45, 2.75) is 13.8 Å². The van der Waals surface area contributed by atoms with Crippen LogP contribution in [0, 0.1) is 36.5 Å². The van der Waals surface area contributed by atoms with Gasteiger partial charge in [0.1, 0.15) is 12.1 Å². The summed E-state index contributed by atoms with van der Waals surface area (Å²) in [7, 11) is 0. The number of nitriles is 2. The first-order valence-electron chi connectivity index (χ1n) is 15.8. The van der Waals surface area contributed by atoms with Gasteiger partial charge in [-0.05, 0) is 77.6 Å². The Bertz CT molecular complexity index is 2540. The molecular formula is C42H27N7. The molecule has 0 radical (unpaired) electrons. The second kappa shape index (κ2) is 12.0. The zero-order chi connectivity index (χ0) is 33.5. The lowest BCUT2D eigenvalue weighted by atomic mass is 9.98. The van der Waals surface area contributed by atoms with E-state index in [1.54, 1.807) is 0 Å². The average molecular weight is 630 g/mol. The molecule has 0 bridgehead atoms. The van der Waals surface area contributed by atoms with E-state index in [4.69, 9.17) is 0 Å². The van der Waals surface area contributed by atoms with Crippen LogP contribution in [0.5, 0.6) is 0 Å². The van der Waals surface area contributed by atoms with Crippen molar-refractivity contribution < 1.29 is 0 Å². The van der Waals surface area contributed by atoms with E-state index < -0.39 is 0 Å². The van der Waals surface area contributed by atoms with Crippen molar-refractivity contribution in [3.63, 3.8) is 0 Å². The molecule has 7 nitrogen and oxygen atoms in total. The Labute approximate surface area is 283 Å². The summed E-state index contributed by atoms with van der Waals surface area (Å²) in [6, 6.07) is 40.4. The molecule has 0 N–H and O–H groups in total. The number of hydrogen-bond acceptors (Lipinski definition) is 6. The van der Waals surface area contributed by atoms with Crippen molar-refractivity contribution in [3.05, 3.63) is 150 Å². The second-order valence-electron chi connectivity index (χ2n) is 12.0. The number of benzene rings is 5. The zero-order valence-corrected chi connectivity index (χ0v) is 26.8. The molecule has 8 rings (SSSR count). The highest BCUT2D eigenvalue weighted by Crippen LogP contribution is 2.40. The molecule has 3 heterocycles. The third-order valence-corrected chi connectivity index (χ3v) is 8.98. The molecule has 0 atom stereocenters. The van der Waals surface area contributed by atoms with Gasteiger partial charge in [-0.15, -0.1) is 0 Å². The van der Waals surface area contributed by atoms with Gasteiger partial charge >= 0.3 is 0 Å². The van der Waals surface area contributed by atoms with Crippen molar-refractivity contribution in [1.82, 2.24) is 24.5 Å². The molecule has 5 aromatic carbocycles. The smallest absolute Gasteiger partial charge is 0.161 e. The van der Waals surface area contributed by atoms with Crippen LogP contribution in [0.25, 0.3) is 72.5 Å². The van der Waals surface area contributed by atoms with Crippen LogP contribution < -0.4 is 0 Å². The van der Waals surface area contributed by atoms with E-state index in [1.165, 1.54) is 47.0 Å². The summed E-state index contributed by atoms with van der Waals surface area (Å²) >= 11 is 0. The summed E-state index contributed by atoms with van der Waals surface area (Å²) in [5, 5.41) is 21.0. The molecule has 0 saturated heterocycles. The Balaban J connectivity index is 1.45. The van der Waals surface area contributed by atoms with E-state index in [0.717, 1.165) is 49.7 Å². The van der Waals surface area contributed by atoms with E-state index in [1.807, 2.05) is 18.2 Å². The van der Waals surface area contributed by atoms with Crippen LogP contribution in [0.2, 0.25) is 0 Å². The maximum Gasteiger partial charge on any atom is 0.161 e. The molecule has 230 valence electrons. The second-order valence-corrected chi connectivity index (χ2v) is 12.0. The molecule has 0 fully saturated rings. The van der Waals surface area contributed by atoms with Crippen LogP contribution in [0.4, 0.5) is 0 Å². The number of nitrogens with zero attached hydrogens (tertiary/aromatic N) is 7. The highest BCUT2D eigenvalue weighted by molar-refractivity contribution is 6.11. The van der Waals surface area contributed by atoms with Crippen LogP contribution in [0.1, 0.15) is 22.3 Å². The van der Waals surface area contributed by atoms with E-state index in [9.17, 15) is 10.5 Å². The molecule has 8 aromatic rings. The number of fused-ring (bicyclic) bond motifs is 3. The summed E-state index contributed by atoms with van der Waals surface area (Å²) in [6.07, 6.45) is 6.10. The first kappa shape index (κ1) is 29.4. The first-order chi connectivity index (χ1) is 24.0. The van der Waals surface area contributed by atoms with Crippen LogP contribution in [0.15, 0.2) is 128 Å². The Hall–Kier alpha value is -6.96. The molecule has 3 aromatic heterocycles. The van der Waals surface area contributed by atoms with Gasteiger partial charge in [0, 0.05) is 46.7 Å². The zero-order valence-electron chi connectivity index (χ0n) is 26.8. The summed E-state index contributed by atoms with van der Waals surface area (Å²) in [4.78, 5) is 18.2. The van der Waals surface area contributed by atoms with Gasteiger partial charge in [0.25, 0.3) is 0 Å². The van der Waals surface area contributed by atoms with E-state index in [-0.39, 0.29) is 0 Å². The lowest BCUT2D eigenvalue weighted by Gasteiger charge is -2.16. The van der Waals surface area contributed by atoms with Gasteiger partial charge in [0.15, 0.2) is 11.6 Å². The van der Waals surface area contributed by atoms with Crippen LogP contribution in [-0.4, -0.2) is 24.5 Å². The molecule has 0 saturated carbocycles. The Kier molecular flexibility index (Phi) is 7.21. The fraction of sp³-hybridized carbons (Fsp3) is 0.0476. The fourth-order valence-corrected chi connectivity index (χ4v) is 6.52. The van der Waals surface area contributed by atoms with Crippen molar-refractivity contribution in [2.24, 2.45) is 0 Å². The number of aromatic nitrogens is 5. The molecule has 0 amide bonds. The minimum atomic E-state index is 0.375. The SMILES string of the molecule is Cc1ccccc1-c1ccc2c3ccc(-c4ccccc4C)cc3n(-c3ccc(-c4ncc(C#N)cn4)cc3-c3ncc(C#N)cn3)c2c1. The molecule has 7 heteroatoms. The molecule has 49 heavy (non-hydrogen) atoms. The third-order valence-electron chi connectivity index (χ3n) is 8.98. The highest BCUT2D eigenvalue weighted by Gasteiger charge is 2.20. The number of aryl methyl sites for hydroxylation is 2. The maximum absolute atomic E-state index is 9.48. The lowest BCUT2D eigenvalue weighted by Crippen LogP contribution is -2.01. The minimum Gasteiger partial charge on any atom is -0.308 e. The van der Waals surface area contributed by atoms with E-state index in [2.05, 4.69) is 135 Å². The van der Waals surface area contributed by atoms with Crippen molar-refractivity contribution in [3.8, 4) is 62.9 Å². The monoisotopic (exact) mass is 629 g/mol. The summed E-state index contributed by atoms with van der Waals surface area (Å²) < 4.78 is 2.29. The summed E-state index contributed by atoms with van der Waals surface area (Å²) in [6.45, 7) is 4.27. The molecular weight excluding hydrogens is 603 g/mol. The van der Waals surface area contributed by atoms with E-state index >= 15 is 0 Å².